The van der Waals surface area contributed by atoms with Crippen LogP contribution < -0.4 is 4.74 Å². The van der Waals surface area contributed by atoms with Crippen molar-refractivity contribution in [3.05, 3.63) is 28.0 Å². The zero-order valence-electron chi connectivity index (χ0n) is 8.34. The highest BCUT2D eigenvalue weighted by Crippen LogP contribution is 2.22. The number of nitrogens with zero attached hydrogens (tertiary/aromatic N) is 2. The molecule has 0 saturated heterocycles. The molecule has 2 aromatic rings. The minimum absolute atomic E-state index is 0.160. The van der Waals surface area contributed by atoms with Crippen LogP contribution in [0, 0.1) is 6.92 Å². The lowest BCUT2D eigenvalue weighted by Crippen LogP contribution is -1.97. The Bertz CT molecular complexity index is 505. The largest absolute Gasteiger partial charge is 0.485 e. The number of carboxylic acids is 1. The molecule has 16 heavy (non-hydrogen) atoms. The predicted octanol–water partition coefficient (Wildman–Crippen LogP) is 1.72. The Hall–Kier alpha value is -1.89. The lowest BCUT2D eigenvalue weighted by Gasteiger charge is -1.97. The summed E-state index contributed by atoms with van der Waals surface area (Å²) in [6.45, 7) is 1.84. The van der Waals surface area contributed by atoms with Crippen LogP contribution in [0.5, 0.6) is 5.75 Å². The molecule has 0 aliphatic rings. The van der Waals surface area contributed by atoms with Gasteiger partial charge in [-0.15, -0.1) is 11.3 Å². The van der Waals surface area contributed by atoms with Crippen LogP contribution in [0.4, 0.5) is 0 Å². The summed E-state index contributed by atoms with van der Waals surface area (Å²) in [7, 11) is 0. The van der Waals surface area contributed by atoms with Gasteiger partial charge in [0.15, 0.2) is 6.61 Å². The summed E-state index contributed by atoms with van der Waals surface area (Å²) in [5, 5.41) is 14.0. The van der Waals surface area contributed by atoms with E-state index in [1.807, 2.05) is 0 Å². The summed E-state index contributed by atoms with van der Waals surface area (Å²) in [5.74, 6) is 0.427. The molecule has 0 unspecified atom stereocenters. The third-order valence-corrected chi connectivity index (χ3v) is 2.62. The normalized spacial score (nSPS) is 10.3. The molecule has 0 spiro atoms. The zero-order chi connectivity index (χ0) is 11.5. The average molecular weight is 240 g/mol. The zero-order valence-corrected chi connectivity index (χ0v) is 9.15. The quantitative estimate of drug-likeness (QED) is 0.875. The molecular weight excluding hydrogens is 232 g/mol. The monoisotopic (exact) mass is 240 g/mol. The molecule has 0 fully saturated rings. The number of aromatic carboxylic acids is 1. The van der Waals surface area contributed by atoms with Gasteiger partial charge in [-0.3, -0.25) is 0 Å². The summed E-state index contributed by atoms with van der Waals surface area (Å²) in [6, 6.07) is 1.46. The van der Waals surface area contributed by atoms with Gasteiger partial charge >= 0.3 is 5.97 Å². The fourth-order valence-corrected chi connectivity index (χ4v) is 1.72. The average Bonchev–Trinajstić information content (AvgIpc) is 2.83. The Morgan fingerprint density at radius 2 is 2.50 bits per heavy atom. The highest BCUT2D eigenvalue weighted by atomic mass is 32.1. The van der Waals surface area contributed by atoms with Crippen molar-refractivity contribution in [1.29, 1.82) is 0 Å². The van der Waals surface area contributed by atoms with E-state index < -0.39 is 5.97 Å². The molecule has 2 heterocycles. The van der Waals surface area contributed by atoms with Crippen molar-refractivity contribution in [3.63, 3.8) is 0 Å². The number of ether oxygens (including phenoxy) is 1. The molecule has 0 amide bonds. The summed E-state index contributed by atoms with van der Waals surface area (Å²) >= 11 is 1.11. The topological polar surface area (TPSA) is 85.5 Å². The molecule has 1 N–H and O–H groups in total. The molecule has 0 aliphatic heterocycles. The maximum Gasteiger partial charge on any atom is 0.346 e. The number of carboxylic acid groups (broad SMARTS) is 1. The number of hydrogen-bond donors (Lipinski definition) is 1. The number of thiophene rings is 1. The second-order valence-electron chi connectivity index (χ2n) is 2.97. The van der Waals surface area contributed by atoms with E-state index in [1.165, 1.54) is 6.07 Å². The van der Waals surface area contributed by atoms with Gasteiger partial charge in [-0.25, -0.2) is 4.79 Å². The van der Waals surface area contributed by atoms with E-state index >= 15 is 0 Å². The minimum atomic E-state index is -0.963. The SMILES string of the molecule is Cc1nc(COc2csc(C(=O)O)c2)no1. The first-order chi connectivity index (χ1) is 7.65. The standard InChI is InChI=1S/C9H8N2O4S/c1-5-10-8(11-15-5)3-14-6-2-7(9(12)13)16-4-6/h2,4H,3H2,1H3,(H,12,13). The van der Waals surface area contributed by atoms with E-state index in [2.05, 4.69) is 10.1 Å². The van der Waals surface area contributed by atoms with Gasteiger partial charge in [0.1, 0.15) is 10.6 Å². The van der Waals surface area contributed by atoms with Crippen LogP contribution in [0.1, 0.15) is 21.4 Å². The van der Waals surface area contributed by atoms with Gasteiger partial charge in [-0.1, -0.05) is 5.16 Å². The van der Waals surface area contributed by atoms with Gasteiger partial charge in [0, 0.05) is 18.4 Å². The van der Waals surface area contributed by atoms with E-state index in [0.717, 1.165) is 11.3 Å². The number of aromatic nitrogens is 2. The molecule has 6 nitrogen and oxygen atoms in total. The highest BCUT2D eigenvalue weighted by Gasteiger charge is 2.08. The van der Waals surface area contributed by atoms with Crippen LogP contribution in [0.15, 0.2) is 16.0 Å². The molecule has 84 valence electrons. The maximum absolute atomic E-state index is 10.6. The first-order valence-corrected chi connectivity index (χ1v) is 5.27. The van der Waals surface area contributed by atoms with Crippen molar-refractivity contribution in [3.8, 4) is 5.75 Å². The Balaban J connectivity index is 1.97. The van der Waals surface area contributed by atoms with Crippen molar-refractivity contribution in [2.24, 2.45) is 0 Å². The molecule has 0 atom stereocenters. The van der Waals surface area contributed by atoms with Crippen molar-refractivity contribution < 1.29 is 19.2 Å². The highest BCUT2D eigenvalue weighted by molar-refractivity contribution is 7.12. The first kappa shape index (κ1) is 10.6. The van der Waals surface area contributed by atoms with Gasteiger partial charge in [0.25, 0.3) is 0 Å². The van der Waals surface area contributed by atoms with Gasteiger partial charge in [0.2, 0.25) is 11.7 Å². The maximum atomic E-state index is 10.6. The fourth-order valence-electron chi connectivity index (χ4n) is 1.05. The van der Waals surface area contributed by atoms with E-state index in [0.29, 0.717) is 17.5 Å². The molecular formula is C9H8N2O4S. The number of carbonyl (C=O) groups is 1. The van der Waals surface area contributed by atoms with Crippen molar-refractivity contribution >= 4 is 17.3 Å². The van der Waals surface area contributed by atoms with Gasteiger partial charge in [-0.2, -0.15) is 4.98 Å². The number of hydrogen-bond acceptors (Lipinski definition) is 6. The summed E-state index contributed by atoms with van der Waals surface area (Å²) in [6.07, 6.45) is 0. The summed E-state index contributed by atoms with van der Waals surface area (Å²) < 4.78 is 10.1. The molecule has 7 heteroatoms. The van der Waals surface area contributed by atoms with Gasteiger partial charge in [0.05, 0.1) is 0 Å². The molecule has 2 aromatic heterocycles. The van der Waals surface area contributed by atoms with Crippen LogP contribution in [0.25, 0.3) is 0 Å². The predicted molar refractivity (Wildman–Crippen MR) is 54.6 cm³/mol. The Morgan fingerprint density at radius 3 is 3.06 bits per heavy atom. The second kappa shape index (κ2) is 4.31. The van der Waals surface area contributed by atoms with Crippen molar-refractivity contribution in [2.75, 3.05) is 0 Å². The van der Waals surface area contributed by atoms with Gasteiger partial charge in [-0.05, 0) is 0 Å². The van der Waals surface area contributed by atoms with Crippen LogP contribution in [0.3, 0.4) is 0 Å². The second-order valence-corrected chi connectivity index (χ2v) is 3.88. The van der Waals surface area contributed by atoms with Crippen LogP contribution in [-0.2, 0) is 6.61 Å². The van der Waals surface area contributed by atoms with E-state index in [1.54, 1.807) is 12.3 Å². The lowest BCUT2D eigenvalue weighted by molar-refractivity contribution is 0.0702. The first-order valence-electron chi connectivity index (χ1n) is 4.39. The lowest BCUT2D eigenvalue weighted by atomic mass is 10.4. The van der Waals surface area contributed by atoms with Gasteiger partial charge < -0.3 is 14.4 Å². The summed E-state index contributed by atoms with van der Waals surface area (Å²) in [4.78, 5) is 14.8. The van der Waals surface area contributed by atoms with E-state index in [-0.39, 0.29) is 11.5 Å². The molecule has 0 radical (unpaired) electrons. The smallest absolute Gasteiger partial charge is 0.346 e. The summed E-state index contributed by atoms with van der Waals surface area (Å²) in [5.41, 5.74) is 0. The van der Waals surface area contributed by atoms with Crippen molar-refractivity contribution in [1.82, 2.24) is 10.1 Å². The van der Waals surface area contributed by atoms with Crippen LogP contribution in [0.2, 0.25) is 0 Å². The Kier molecular flexibility index (Phi) is 2.86. The van der Waals surface area contributed by atoms with Crippen LogP contribution >= 0.6 is 11.3 Å². The molecule has 2 rings (SSSR count). The third-order valence-electron chi connectivity index (χ3n) is 1.72. The van der Waals surface area contributed by atoms with Crippen molar-refractivity contribution in [2.45, 2.75) is 13.5 Å². The number of aryl methyl sites for hydroxylation is 1. The minimum Gasteiger partial charge on any atom is -0.485 e. The third kappa shape index (κ3) is 2.37. The van der Waals surface area contributed by atoms with E-state index in [9.17, 15) is 4.79 Å². The van der Waals surface area contributed by atoms with Crippen LogP contribution in [-0.4, -0.2) is 21.2 Å². The number of rotatable bonds is 4. The molecule has 0 aliphatic carbocycles. The van der Waals surface area contributed by atoms with E-state index in [4.69, 9.17) is 14.4 Å². The molecule has 0 saturated carbocycles. The fraction of sp³-hybridized carbons (Fsp3) is 0.222. The molecule has 0 aromatic carbocycles. The molecule has 0 bridgehead atoms. The Labute approximate surface area is 94.5 Å². The Morgan fingerprint density at radius 1 is 1.69 bits per heavy atom.